The van der Waals surface area contributed by atoms with Gasteiger partial charge in [-0.1, -0.05) is 91.0 Å². The van der Waals surface area contributed by atoms with Crippen molar-refractivity contribution >= 4 is 35.5 Å². The Balaban J connectivity index is 1.45. The number of benzene rings is 6. The van der Waals surface area contributed by atoms with Gasteiger partial charge in [-0.2, -0.15) is 5.10 Å². The van der Waals surface area contributed by atoms with Gasteiger partial charge in [-0.15, -0.1) is 0 Å². The van der Waals surface area contributed by atoms with Crippen molar-refractivity contribution in [2.45, 2.75) is 31.3 Å². The summed E-state index contributed by atoms with van der Waals surface area (Å²) in [5.41, 5.74) is 0.218. The minimum absolute atomic E-state index is 0.0140. The third kappa shape index (κ3) is 11.2. The van der Waals surface area contributed by atoms with Crippen LogP contribution in [0.15, 0.2) is 176 Å². The number of non-ortho nitro benzene ring substituents is 1. The molecule has 7 rings (SSSR count). The lowest BCUT2D eigenvalue weighted by molar-refractivity contribution is -0.384. The van der Waals surface area contributed by atoms with E-state index in [1.807, 2.05) is 0 Å². The minimum Gasteiger partial charge on any atom is -0.458 e. The molecule has 0 N–H and O–H groups in total. The van der Waals surface area contributed by atoms with Gasteiger partial charge in [-0.05, 0) is 79.7 Å². The van der Waals surface area contributed by atoms with E-state index in [0.717, 1.165) is 0 Å². The molecule has 0 amide bonds. The highest BCUT2D eigenvalue weighted by atomic mass is 16.6. The molecule has 0 unspecified atom stereocenters. The Kier molecular flexibility index (Phi) is 14.2. The molecule has 0 radical (unpaired) electrons. The summed E-state index contributed by atoms with van der Waals surface area (Å²) in [6.45, 7) is 0.721. The van der Waals surface area contributed by atoms with E-state index in [0.29, 0.717) is 0 Å². The highest BCUT2D eigenvalue weighted by Crippen LogP contribution is 2.33. The monoisotopic (exact) mass is 874 g/mol. The maximum Gasteiger partial charge on any atom is 0.338 e. The fraction of sp³-hybridized carbons (Fsp3) is 0.122. The number of hydrogen-bond acceptors (Lipinski definition) is 14. The molecule has 6 aromatic carbocycles. The molecule has 1 heterocycles. The molecular weight excluding hydrogens is 837 g/mol. The summed E-state index contributed by atoms with van der Waals surface area (Å²) in [4.78, 5) is 86.2. The van der Waals surface area contributed by atoms with Crippen molar-refractivity contribution in [2.24, 2.45) is 0 Å². The molecule has 0 fully saturated rings. The molecule has 0 saturated heterocycles. The summed E-state index contributed by atoms with van der Waals surface area (Å²) in [5, 5.41) is 16.1. The molecular formula is C49H38N4O12. The van der Waals surface area contributed by atoms with E-state index < -0.39 is 65.8 Å². The lowest BCUT2D eigenvalue weighted by Crippen LogP contribution is -2.51. The highest BCUT2D eigenvalue weighted by Gasteiger charge is 2.48. The van der Waals surface area contributed by atoms with Crippen LogP contribution in [-0.2, 0) is 23.7 Å². The summed E-state index contributed by atoms with van der Waals surface area (Å²) in [5.74, 6) is -4.90. The van der Waals surface area contributed by atoms with Crippen LogP contribution in [0.2, 0.25) is 0 Å². The van der Waals surface area contributed by atoms with Gasteiger partial charge < -0.3 is 23.7 Å². The van der Waals surface area contributed by atoms with Crippen molar-refractivity contribution in [3.8, 4) is 5.69 Å². The molecule has 0 bridgehead atoms. The molecule has 16 nitrogen and oxygen atoms in total. The molecule has 16 heteroatoms. The van der Waals surface area contributed by atoms with Gasteiger partial charge in [0.05, 0.1) is 38.4 Å². The number of esters is 5. The molecule has 65 heavy (non-hydrogen) atoms. The van der Waals surface area contributed by atoms with Gasteiger partial charge in [0.2, 0.25) is 6.10 Å². The zero-order valence-corrected chi connectivity index (χ0v) is 34.4. The van der Waals surface area contributed by atoms with Gasteiger partial charge in [-0.25, -0.2) is 33.6 Å². The largest absolute Gasteiger partial charge is 0.458 e. The number of ether oxygens (including phenoxy) is 5. The van der Waals surface area contributed by atoms with E-state index in [1.54, 1.807) is 91.0 Å². The predicted octanol–water partition coefficient (Wildman–Crippen LogP) is 7.92. The van der Waals surface area contributed by atoms with Gasteiger partial charge in [-0.3, -0.25) is 10.1 Å². The van der Waals surface area contributed by atoms with E-state index in [2.05, 4.69) is 10.1 Å². The molecule has 7 aromatic rings. The number of aromatic nitrogens is 3. The van der Waals surface area contributed by atoms with Crippen molar-refractivity contribution in [1.29, 1.82) is 0 Å². The molecule has 1 aromatic heterocycles. The smallest absolute Gasteiger partial charge is 0.338 e. The van der Waals surface area contributed by atoms with E-state index in [-0.39, 0.29) is 50.8 Å². The lowest BCUT2D eigenvalue weighted by atomic mass is 10.00. The fourth-order valence-corrected chi connectivity index (χ4v) is 6.52. The predicted molar refractivity (Wildman–Crippen MR) is 231 cm³/mol. The Morgan fingerprint density at radius 1 is 0.523 bits per heavy atom. The molecule has 0 aliphatic carbocycles. The third-order valence-corrected chi connectivity index (χ3v) is 9.69. The van der Waals surface area contributed by atoms with E-state index in [9.17, 15) is 34.1 Å². The summed E-state index contributed by atoms with van der Waals surface area (Å²) in [6, 6.07) is 44.1. The Morgan fingerprint density at radius 2 is 0.908 bits per heavy atom. The number of carbonyl (C=O) groups excluding carboxylic acids is 5. The van der Waals surface area contributed by atoms with Crippen LogP contribution in [0.25, 0.3) is 5.69 Å². The topological polar surface area (TPSA) is 205 Å². The first-order valence-electron chi connectivity index (χ1n) is 20.0. The van der Waals surface area contributed by atoms with Gasteiger partial charge in [0.1, 0.15) is 12.4 Å². The SMILES string of the molecule is Cc1nc([C@@H](OC(=O)c2ccccc2)[C@@H](OC(=O)c2ccccc2)[C@H](OC(=O)c2ccccc2)[C@@H](COC(=O)c2ccccc2)OC(=O)c2ccccc2)n(-c2ccc([N+](=O)[O-])cc2)n1. The quantitative estimate of drug-likeness (QED) is 0.0369. The van der Waals surface area contributed by atoms with Crippen LogP contribution >= 0.6 is 0 Å². The Bertz CT molecular complexity index is 2750. The zero-order chi connectivity index (χ0) is 45.7. The summed E-state index contributed by atoms with van der Waals surface area (Å²) >= 11 is 0. The summed E-state index contributed by atoms with van der Waals surface area (Å²) < 4.78 is 31.9. The molecule has 0 saturated carbocycles. The summed E-state index contributed by atoms with van der Waals surface area (Å²) in [6.07, 6.45) is -7.70. The maximum absolute atomic E-state index is 14.4. The van der Waals surface area contributed by atoms with Crippen LogP contribution < -0.4 is 0 Å². The normalized spacial score (nSPS) is 12.6. The average molecular weight is 875 g/mol. The van der Waals surface area contributed by atoms with Crippen molar-refractivity contribution in [2.75, 3.05) is 6.61 Å². The molecule has 326 valence electrons. The van der Waals surface area contributed by atoms with Gasteiger partial charge >= 0.3 is 29.8 Å². The summed E-state index contributed by atoms with van der Waals surface area (Å²) in [7, 11) is 0. The zero-order valence-electron chi connectivity index (χ0n) is 34.4. The molecule has 0 aliphatic heterocycles. The number of hydrogen-bond donors (Lipinski definition) is 0. The minimum atomic E-state index is -2.01. The second-order valence-electron chi connectivity index (χ2n) is 14.1. The van der Waals surface area contributed by atoms with Crippen LogP contribution in [0.4, 0.5) is 5.69 Å². The maximum atomic E-state index is 14.4. The van der Waals surface area contributed by atoms with Gasteiger partial charge in [0.15, 0.2) is 24.1 Å². The van der Waals surface area contributed by atoms with E-state index >= 15 is 0 Å². The van der Waals surface area contributed by atoms with Crippen molar-refractivity contribution in [3.05, 3.63) is 226 Å². The first kappa shape index (κ1) is 44.3. The van der Waals surface area contributed by atoms with Crippen molar-refractivity contribution in [1.82, 2.24) is 14.8 Å². The fourth-order valence-electron chi connectivity index (χ4n) is 6.52. The standard InChI is InChI=1S/C49H38N4O12/c1-32-50-44(52(51-32)38-27-29-39(30-28-38)53(59)60)43(65-49(58)37-25-15-6-16-26-37)42(64-48(57)36-23-13-5-14-24-36)41(63-47(56)35-21-11-4-12-22-35)40(62-46(55)34-19-9-3-10-20-34)31-61-45(54)33-17-7-2-8-18-33/h2-30,40-43H,31H2,1H3/t40-,41-,42+,43+/m1/s1. The Morgan fingerprint density at radius 3 is 1.34 bits per heavy atom. The average Bonchev–Trinajstić information content (AvgIpc) is 3.75. The third-order valence-electron chi connectivity index (χ3n) is 9.69. The van der Waals surface area contributed by atoms with Crippen LogP contribution in [0.5, 0.6) is 0 Å². The Hall–Kier alpha value is -8.79. The Labute approximate surface area is 371 Å². The number of nitro benzene ring substituents is 1. The first-order valence-corrected chi connectivity index (χ1v) is 20.0. The van der Waals surface area contributed by atoms with Crippen LogP contribution in [-0.4, -0.2) is 74.5 Å². The first-order chi connectivity index (χ1) is 31.5. The van der Waals surface area contributed by atoms with E-state index in [1.165, 1.54) is 96.5 Å². The second kappa shape index (κ2) is 20.9. The van der Waals surface area contributed by atoms with Crippen molar-refractivity contribution in [3.63, 3.8) is 0 Å². The van der Waals surface area contributed by atoms with E-state index in [4.69, 9.17) is 23.7 Å². The van der Waals surface area contributed by atoms with Crippen LogP contribution in [0.3, 0.4) is 0 Å². The van der Waals surface area contributed by atoms with Gasteiger partial charge in [0.25, 0.3) is 5.69 Å². The number of nitro groups is 1. The number of aryl methyl sites for hydroxylation is 1. The molecule has 4 atom stereocenters. The molecule has 0 spiro atoms. The lowest BCUT2D eigenvalue weighted by Gasteiger charge is -2.35. The number of carbonyl (C=O) groups is 5. The van der Waals surface area contributed by atoms with Crippen LogP contribution in [0.1, 0.15) is 69.5 Å². The number of nitrogens with zero attached hydrogens (tertiary/aromatic N) is 4. The van der Waals surface area contributed by atoms with Crippen LogP contribution in [0, 0.1) is 17.0 Å². The number of rotatable bonds is 17. The molecule has 0 aliphatic rings. The van der Waals surface area contributed by atoms with Crippen molar-refractivity contribution < 1.29 is 52.6 Å². The van der Waals surface area contributed by atoms with Gasteiger partial charge in [0, 0.05) is 12.1 Å². The highest BCUT2D eigenvalue weighted by molar-refractivity contribution is 5.92. The second-order valence-corrected chi connectivity index (χ2v) is 14.1.